The van der Waals surface area contributed by atoms with Gasteiger partial charge in [0.2, 0.25) is 5.28 Å². The first-order valence-electron chi connectivity index (χ1n) is 4.94. The zero-order valence-electron chi connectivity index (χ0n) is 8.38. The number of rotatable bonds is 2. The van der Waals surface area contributed by atoms with Crippen molar-refractivity contribution in [1.82, 2.24) is 14.8 Å². The fraction of sp³-hybridized carbons (Fsp3) is 0.778. The van der Waals surface area contributed by atoms with Crippen molar-refractivity contribution in [2.24, 2.45) is 5.92 Å². The van der Waals surface area contributed by atoms with Crippen LogP contribution in [-0.2, 0) is 6.54 Å². The summed E-state index contributed by atoms with van der Waals surface area (Å²) in [7, 11) is 0. The van der Waals surface area contributed by atoms with Gasteiger partial charge in [-0.05, 0) is 31.4 Å². The third-order valence-corrected chi connectivity index (χ3v) is 3.23. The Bertz CT molecular complexity index is 345. The summed E-state index contributed by atoms with van der Waals surface area (Å²) in [5.41, 5.74) is 0. The highest BCUT2D eigenvalue weighted by atomic mass is 35.5. The Morgan fingerprint density at radius 1 is 1.53 bits per heavy atom. The predicted octanol–water partition coefficient (Wildman–Crippen LogP) is 2.68. The van der Waals surface area contributed by atoms with Gasteiger partial charge in [0.05, 0.1) is 0 Å². The van der Waals surface area contributed by atoms with Crippen LogP contribution in [0.4, 0.5) is 8.78 Å². The molecule has 1 aliphatic rings. The maximum atomic E-state index is 13.4. The molecule has 0 bridgehead atoms. The van der Waals surface area contributed by atoms with Gasteiger partial charge in [0.15, 0.2) is 0 Å². The molecule has 3 nitrogen and oxygen atoms in total. The Labute approximate surface area is 91.4 Å². The van der Waals surface area contributed by atoms with E-state index in [9.17, 15) is 8.78 Å². The van der Waals surface area contributed by atoms with Gasteiger partial charge in [-0.2, -0.15) is 0 Å². The van der Waals surface area contributed by atoms with Gasteiger partial charge in [0.25, 0.3) is 5.92 Å². The van der Waals surface area contributed by atoms with E-state index in [1.54, 1.807) is 11.5 Å². The van der Waals surface area contributed by atoms with Gasteiger partial charge in [-0.3, -0.25) is 0 Å². The van der Waals surface area contributed by atoms with Crippen LogP contribution in [0.1, 0.15) is 25.1 Å². The highest BCUT2D eigenvalue weighted by Crippen LogP contribution is 2.41. The number of hydrogen-bond donors (Lipinski definition) is 0. The monoisotopic (exact) mass is 235 g/mol. The number of nitrogens with zero attached hydrogens (tertiary/aromatic N) is 3. The minimum Gasteiger partial charge on any atom is -0.302 e. The molecule has 6 heteroatoms. The zero-order chi connectivity index (χ0) is 11.1. The van der Waals surface area contributed by atoms with Gasteiger partial charge in [-0.1, -0.05) is 0 Å². The lowest BCUT2D eigenvalue weighted by Gasteiger charge is -2.19. The molecule has 2 rings (SSSR count). The highest BCUT2D eigenvalue weighted by molar-refractivity contribution is 6.28. The molecule has 1 aliphatic carbocycles. The first kappa shape index (κ1) is 10.8. The Morgan fingerprint density at radius 2 is 2.27 bits per heavy atom. The predicted molar refractivity (Wildman–Crippen MR) is 52.1 cm³/mol. The molecule has 15 heavy (non-hydrogen) atoms. The minimum absolute atomic E-state index is 0.0174. The summed E-state index contributed by atoms with van der Waals surface area (Å²) in [6, 6.07) is 0. The smallest absolute Gasteiger partial charge is 0.252 e. The Morgan fingerprint density at radius 3 is 2.73 bits per heavy atom. The van der Waals surface area contributed by atoms with Crippen molar-refractivity contribution in [2.45, 2.75) is 38.7 Å². The molecule has 1 heterocycles. The summed E-state index contributed by atoms with van der Waals surface area (Å²) in [6.45, 7) is 1.93. The molecule has 1 saturated carbocycles. The first-order chi connectivity index (χ1) is 7.00. The van der Waals surface area contributed by atoms with Crippen LogP contribution in [0.3, 0.4) is 0 Å². The van der Waals surface area contributed by atoms with E-state index >= 15 is 0 Å². The molecule has 84 valence electrons. The van der Waals surface area contributed by atoms with Crippen molar-refractivity contribution in [2.75, 3.05) is 0 Å². The number of aromatic nitrogens is 3. The molecular weight excluding hydrogens is 224 g/mol. The summed E-state index contributed by atoms with van der Waals surface area (Å²) in [4.78, 5) is 0. The van der Waals surface area contributed by atoms with Crippen LogP contribution in [-0.4, -0.2) is 20.7 Å². The van der Waals surface area contributed by atoms with E-state index in [1.807, 2.05) is 0 Å². The first-order valence-corrected chi connectivity index (χ1v) is 5.31. The Balaban J connectivity index is 2.15. The average Bonchev–Trinajstić information content (AvgIpc) is 2.63. The van der Waals surface area contributed by atoms with E-state index in [0.29, 0.717) is 18.7 Å². The van der Waals surface area contributed by atoms with E-state index in [2.05, 4.69) is 10.2 Å². The Hall–Kier alpha value is -0.710. The molecule has 0 saturated heterocycles. The van der Waals surface area contributed by atoms with Crippen molar-refractivity contribution in [3.05, 3.63) is 11.1 Å². The summed E-state index contributed by atoms with van der Waals surface area (Å²) >= 11 is 5.76. The van der Waals surface area contributed by atoms with Crippen LogP contribution in [0.15, 0.2) is 0 Å². The van der Waals surface area contributed by atoms with Crippen molar-refractivity contribution in [1.29, 1.82) is 0 Å². The SMILES string of the molecule is Cc1nnc(Cl)n1CC1CCCC1(F)F. The lowest BCUT2D eigenvalue weighted by atomic mass is 10.1. The molecule has 1 atom stereocenters. The van der Waals surface area contributed by atoms with Gasteiger partial charge in [-0.15, -0.1) is 10.2 Å². The number of alkyl halides is 2. The van der Waals surface area contributed by atoms with Gasteiger partial charge in [-0.25, -0.2) is 8.78 Å². The van der Waals surface area contributed by atoms with Crippen molar-refractivity contribution < 1.29 is 8.78 Å². The quantitative estimate of drug-likeness (QED) is 0.789. The fourth-order valence-corrected chi connectivity index (χ4v) is 2.24. The summed E-state index contributed by atoms with van der Waals surface area (Å²) < 4.78 is 28.3. The molecule has 0 spiro atoms. The molecule has 1 unspecified atom stereocenters. The minimum atomic E-state index is -2.57. The van der Waals surface area contributed by atoms with Gasteiger partial charge in [0.1, 0.15) is 5.82 Å². The van der Waals surface area contributed by atoms with Crippen LogP contribution in [0, 0.1) is 12.8 Å². The van der Waals surface area contributed by atoms with E-state index in [0.717, 1.165) is 0 Å². The van der Waals surface area contributed by atoms with E-state index in [1.165, 1.54) is 0 Å². The second-order valence-electron chi connectivity index (χ2n) is 3.98. The van der Waals surface area contributed by atoms with E-state index in [4.69, 9.17) is 11.6 Å². The van der Waals surface area contributed by atoms with Crippen LogP contribution in [0.25, 0.3) is 0 Å². The maximum Gasteiger partial charge on any atom is 0.252 e. The molecule has 1 aromatic rings. The molecule has 1 aromatic heterocycles. The average molecular weight is 236 g/mol. The number of hydrogen-bond acceptors (Lipinski definition) is 2. The van der Waals surface area contributed by atoms with Crippen LogP contribution >= 0.6 is 11.6 Å². The second kappa shape index (κ2) is 3.70. The van der Waals surface area contributed by atoms with Gasteiger partial charge < -0.3 is 4.57 Å². The molecule has 0 aromatic carbocycles. The molecule has 0 N–H and O–H groups in total. The third kappa shape index (κ3) is 1.97. The van der Waals surface area contributed by atoms with Crippen LogP contribution in [0.2, 0.25) is 5.28 Å². The van der Waals surface area contributed by atoms with Crippen molar-refractivity contribution >= 4 is 11.6 Å². The normalized spacial score (nSPS) is 24.7. The molecule has 0 aliphatic heterocycles. The summed E-state index contributed by atoms with van der Waals surface area (Å²) in [5, 5.41) is 7.57. The summed E-state index contributed by atoms with van der Waals surface area (Å²) in [6.07, 6.45) is 1.11. The molecule has 0 radical (unpaired) electrons. The van der Waals surface area contributed by atoms with E-state index in [-0.39, 0.29) is 18.2 Å². The van der Waals surface area contributed by atoms with Crippen LogP contribution in [0.5, 0.6) is 0 Å². The number of halogens is 3. The van der Waals surface area contributed by atoms with Crippen molar-refractivity contribution in [3.8, 4) is 0 Å². The lowest BCUT2D eigenvalue weighted by Crippen LogP contribution is -2.26. The zero-order valence-corrected chi connectivity index (χ0v) is 9.14. The maximum absolute atomic E-state index is 13.4. The topological polar surface area (TPSA) is 30.7 Å². The highest BCUT2D eigenvalue weighted by Gasteiger charge is 2.44. The standard InChI is InChI=1S/C9H12ClF2N3/c1-6-13-14-8(10)15(6)5-7-3-2-4-9(7,11)12/h7H,2-5H2,1H3. The number of aryl methyl sites for hydroxylation is 1. The molecule has 1 fully saturated rings. The van der Waals surface area contributed by atoms with E-state index < -0.39 is 11.8 Å². The third-order valence-electron chi connectivity index (χ3n) is 2.95. The summed E-state index contributed by atoms with van der Waals surface area (Å²) in [5.74, 6) is -2.62. The Kier molecular flexibility index (Phi) is 2.66. The fourth-order valence-electron chi connectivity index (χ4n) is 2.01. The second-order valence-corrected chi connectivity index (χ2v) is 4.32. The van der Waals surface area contributed by atoms with Crippen molar-refractivity contribution in [3.63, 3.8) is 0 Å². The van der Waals surface area contributed by atoms with Gasteiger partial charge in [0, 0.05) is 18.9 Å². The lowest BCUT2D eigenvalue weighted by molar-refractivity contribution is -0.0423. The largest absolute Gasteiger partial charge is 0.302 e. The van der Waals surface area contributed by atoms with Crippen LogP contribution < -0.4 is 0 Å². The van der Waals surface area contributed by atoms with Gasteiger partial charge >= 0.3 is 0 Å². The molecule has 0 amide bonds. The molecular formula is C9H12ClF2N3.